The standard InChI is InChI=1S/C15H25O2P/c1-2-3-4-5-6-7-8-9-14-10-12-15(13-11-14)18(16)17/h10-13,18H,2-9H2,1H3,(H,16,17). The highest BCUT2D eigenvalue weighted by molar-refractivity contribution is 7.47. The molecule has 0 aliphatic carbocycles. The fourth-order valence-corrected chi connectivity index (χ4v) is 2.55. The summed E-state index contributed by atoms with van der Waals surface area (Å²) in [6, 6.07) is 7.51. The Balaban J connectivity index is 2.14. The minimum Gasteiger partial charge on any atom is -0.343 e. The Labute approximate surface area is 111 Å². The van der Waals surface area contributed by atoms with Crippen molar-refractivity contribution < 1.29 is 9.46 Å². The van der Waals surface area contributed by atoms with Gasteiger partial charge >= 0.3 is 0 Å². The third kappa shape index (κ3) is 6.37. The van der Waals surface area contributed by atoms with Crippen molar-refractivity contribution in [2.45, 2.75) is 58.3 Å². The van der Waals surface area contributed by atoms with Crippen LogP contribution in [0.1, 0.15) is 57.4 Å². The number of hydrogen-bond acceptors (Lipinski definition) is 1. The van der Waals surface area contributed by atoms with E-state index in [0.717, 1.165) is 6.42 Å². The molecular weight excluding hydrogens is 243 g/mol. The summed E-state index contributed by atoms with van der Waals surface area (Å²) in [6.45, 7) is 2.24. The molecule has 1 aromatic rings. The van der Waals surface area contributed by atoms with Gasteiger partial charge in [0.25, 0.3) is 0 Å². The zero-order chi connectivity index (χ0) is 13.2. The van der Waals surface area contributed by atoms with Gasteiger partial charge in [-0.05, 0) is 30.5 Å². The van der Waals surface area contributed by atoms with Crippen LogP contribution in [0.25, 0.3) is 0 Å². The van der Waals surface area contributed by atoms with Crippen LogP contribution in [0.3, 0.4) is 0 Å². The van der Waals surface area contributed by atoms with Gasteiger partial charge in [0.1, 0.15) is 0 Å². The highest BCUT2D eigenvalue weighted by Gasteiger charge is 1.99. The smallest absolute Gasteiger partial charge is 0.218 e. The highest BCUT2D eigenvalue weighted by atomic mass is 31.1. The first kappa shape index (κ1) is 15.5. The quantitative estimate of drug-likeness (QED) is 0.541. The topological polar surface area (TPSA) is 37.3 Å². The fourth-order valence-electron chi connectivity index (χ4n) is 2.10. The maximum absolute atomic E-state index is 10.9. The van der Waals surface area contributed by atoms with Crippen molar-refractivity contribution >= 4 is 13.3 Å². The molecule has 0 saturated heterocycles. The molecule has 18 heavy (non-hydrogen) atoms. The Hall–Kier alpha value is -0.590. The lowest BCUT2D eigenvalue weighted by atomic mass is 10.0. The molecular formula is C15H25O2P. The van der Waals surface area contributed by atoms with Crippen LogP contribution in [-0.4, -0.2) is 4.89 Å². The second-order valence-corrected chi connectivity index (χ2v) is 6.06. The van der Waals surface area contributed by atoms with Crippen LogP contribution >= 0.6 is 8.03 Å². The van der Waals surface area contributed by atoms with Crippen molar-refractivity contribution in [2.75, 3.05) is 0 Å². The van der Waals surface area contributed by atoms with Crippen LogP contribution in [0.2, 0.25) is 0 Å². The van der Waals surface area contributed by atoms with Crippen LogP contribution in [0.4, 0.5) is 0 Å². The van der Waals surface area contributed by atoms with Gasteiger partial charge in [-0.25, -0.2) is 0 Å². The summed E-state index contributed by atoms with van der Waals surface area (Å²) < 4.78 is 10.9. The molecule has 102 valence electrons. The van der Waals surface area contributed by atoms with Crippen LogP contribution in [-0.2, 0) is 11.0 Å². The summed E-state index contributed by atoms with van der Waals surface area (Å²) in [5.74, 6) is 0. The normalized spacial score (nSPS) is 12.6. The number of benzene rings is 1. The molecule has 0 radical (unpaired) electrons. The van der Waals surface area contributed by atoms with Gasteiger partial charge in [0, 0.05) is 5.30 Å². The van der Waals surface area contributed by atoms with Gasteiger partial charge in [-0.3, -0.25) is 4.57 Å². The van der Waals surface area contributed by atoms with E-state index in [1.54, 1.807) is 12.1 Å². The van der Waals surface area contributed by atoms with Crippen molar-refractivity contribution in [3.63, 3.8) is 0 Å². The van der Waals surface area contributed by atoms with Gasteiger partial charge in [0.15, 0.2) is 0 Å². The Morgan fingerprint density at radius 1 is 0.944 bits per heavy atom. The van der Waals surface area contributed by atoms with Crippen LogP contribution in [0, 0.1) is 0 Å². The third-order valence-electron chi connectivity index (χ3n) is 3.27. The molecule has 1 atom stereocenters. The molecule has 1 N–H and O–H groups in total. The van der Waals surface area contributed by atoms with Crippen molar-refractivity contribution in [3.05, 3.63) is 29.8 Å². The average molecular weight is 268 g/mol. The van der Waals surface area contributed by atoms with E-state index < -0.39 is 8.03 Å². The maximum Gasteiger partial charge on any atom is 0.218 e. The van der Waals surface area contributed by atoms with Crippen molar-refractivity contribution in [1.82, 2.24) is 0 Å². The van der Waals surface area contributed by atoms with E-state index in [-0.39, 0.29) is 0 Å². The number of unbranched alkanes of at least 4 members (excludes halogenated alkanes) is 6. The monoisotopic (exact) mass is 268 g/mol. The molecule has 0 heterocycles. The molecule has 0 aliphatic rings. The van der Waals surface area contributed by atoms with E-state index in [9.17, 15) is 4.57 Å². The fraction of sp³-hybridized carbons (Fsp3) is 0.600. The van der Waals surface area contributed by atoms with Crippen molar-refractivity contribution in [2.24, 2.45) is 0 Å². The maximum atomic E-state index is 10.9. The number of rotatable bonds is 9. The predicted octanol–water partition coefficient (Wildman–Crippen LogP) is 4.07. The molecule has 3 heteroatoms. The van der Waals surface area contributed by atoms with Crippen LogP contribution < -0.4 is 5.30 Å². The van der Waals surface area contributed by atoms with Gasteiger partial charge in [0.2, 0.25) is 8.03 Å². The summed E-state index contributed by atoms with van der Waals surface area (Å²) in [7, 11) is -2.52. The van der Waals surface area contributed by atoms with Gasteiger partial charge in [-0.15, -0.1) is 0 Å². The molecule has 0 bridgehead atoms. The molecule has 0 amide bonds. The Morgan fingerprint density at radius 2 is 1.50 bits per heavy atom. The van der Waals surface area contributed by atoms with Crippen LogP contribution in [0.5, 0.6) is 0 Å². The molecule has 0 aliphatic heterocycles. The van der Waals surface area contributed by atoms with E-state index in [0.29, 0.717) is 5.30 Å². The molecule has 2 nitrogen and oxygen atoms in total. The first-order valence-electron chi connectivity index (χ1n) is 7.06. The van der Waals surface area contributed by atoms with Crippen molar-refractivity contribution in [3.8, 4) is 0 Å². The van der Waals surface area contributed by atoms with E-state index in [2.05, 4.69) is 6.92 Å². The Bertz CT molecular complexity index is 346. The molecule has 0 aromatic heterocycles. The minimum atomic E-state index is -2.52. The average Bonchev–Trinajstić information content (AvgIpc) is 2.38. The highest BCUT2D eigenvalue weighted by Crippen LogP contribution is 2.14. The molecule has 1 aromatic carbocycles. The molecule has 0 spiro atoms. The second kappa shape index (κ2) is 9.35. The predicted molar refractivity (Wildman–Crippen MR) is 79.0 cm³/mol. The van der Waals surface area contributed by atoms with Gasteiger partial charge < -0.3 is 4.89 Å². The summed E-state index contributed by atoms with van der Waals surface area (Å²) in [5, 5.41) is 0.559. The second-order valence-electron chi connectivity index (χ2n) is 4.87. The van der Waals surface area contributed by atoms with Gasteiger partial charge in [0.05, 0.1) is 0 Å². The zero-order valence-electron chi connectivity index (χ0n) is 11.3. The summed E-state index contributed by atoms with van der Waals surface area (Å²) in [5.41, 5.74) is 1.27. The van der Waals surface area contributed by atoms with E-state index in [4.69, 9.17) is 4.89 Å². The SMILES string of the molecule is CCCCCCCCCc1ccc([PH](=O)O)cc1. The lowest BCUT2D eigenvalue weighted by Crippen LogP contribution is -1.96. The van der Waals surface area contributed by atoms with E-state index in [1.807, 2.05) is 12.1 Å². The molecule has 1 unspecified atom stereocenters. The minimum absolute atomic E-state index is 0.559. The lowest BCUT2D eigenvalue weighted by molar-refractivity contribution is 0.513. The molecule has 1 rings (SSSR count). The third-order valence-corrected chi connectivity index (χ3v) is 4.10. The van der Waals surface area contributed by atoms with Crippen LogP contribution in [0.15, 0.2) is 24.3 Å². The number of aryl methyl sites for hydroxylation is 1. The van der Waals surface area contributed by atoms with E-state index in [1.165, 1.54) is 50.5 Å². The number of hydrogen-bond donors (Lipinski definition) is 1. The van der Waals surface area contributed by atoms with Gasteiger partial charge in [-0.1, -0.05) is 57.6 Å². The molecule has 0 fully saturated rings. The van der Waals surface area contributed by atoms with Crippen molar-refractivity contribution in [1.29, 1.82) is 0 Å². The molecule has 0 saturated carbocycles. The lowest BCUT2D eigenvalue weighted by Gasteiger charge is -2.03. The largest absolute Gasteiger partial charge is 0.343 e. The Kier molecular flexibility index (Phi) is 8.04. The van der Waals surface area contributed by atoms with E-state index >= 15 is 0 Å². The van der Waals surface area contributed by atoms with Gasteiger partial charge in [-0.2, -0.15) is 0 Å². The summed E-state index contributed by atoms with van der Waals surface area (Å²) in [6.07, 6.45) is 10.3. The first-order valence-corrected chi connectivity index (χ1v) is 8.42. The zero-order valence-corrected chi connectivity index (χ0v) is 12.3. The summed E-state index contributed by atoms with van der Waals surface area (Å²) >= 11 is 0. The Morgan fingerprint density at radius 3 is 2.06 bits per heavy atom. The first-order chi connectivity index (χ1) is 8.74. The summed E-state index contributed by atoms with van der Waals surface area (Å²) in [4.78, 5) is 8.98.